The van der Waals surface area contributed by atoms with E-state index in [-0.39, 0.29) is 23.8 Å². The molecule has 114 valence electrons. The van der Waals surface area contributed by atoms with Gasteiger partial charge in [-0.1, -0.05) is 6.07 Å². The van der Waals surface area contributed by atoms with Gasteiger partial charge in [0.1, 0.15) is 0 Å². The van der Waals surface area contributed by atoms with Crippen LogP contribution in [0.5, 0.6) is 0 Å². The van der Waals surface area contributed by atoms with Crippen molar-refractivity contribution in [2.75, 3.05) is 6.61 Å². The fourth-order valence-corrected chi connectivity index (χ4v) is 3.18. The predicted molar refractivity (Wildman–Crippen MR) is 89.0 cm³/mol. The highest BCUT2D eigenvalue weighted by Crippen LogP contribution is 2.25. The first-order valence-corrected chi connectivity index (χ1v) is 8.41. The maximum Gasteiger partial charge on any atom is 0.308 e. The van der Waals surface area contributed by atoms with Crippen molar-refractivity contribution < 1.29 is 14.3 Å². The van der Waals surface area contributed by atoms with E-state index in [9.17, 15) is 9.59 Å². The maximum absolute atomic E-state index is 12.2. The highest BCUT2D eigenvalue weighted by Gasteiger charge is 2.28. The van der Waals surface area contributed by atoms with E-state index in [1.165, 1.54) is 0 Å². The highest BCUT2D eigenvalue weighted by molar-refractivity contribution is 14.1. The van der Waals surface area contributed by atoms with Gasteiger partial charge in [-0.25, -0.2) is 0 Å². The molecule has 1 saturated carbocycles. The lowest BCUT2D eigenvalue weighted by Crippen LogP contribution is -2.39. The zero-order valence-corrected chi connectivity index (χ0v) is 14.3. The summed E-state index contributed by atoms with van der Waals surface area (Å²) in [5, 5.41) is 3.06. The number of carbonyl (C=O) groups excluding carboxylic acids is 2. The minimum Gasteiger partial charge on any atom is -0.466 e. The number of halogens is 1. The molecule has 0 atom stereocenters. The summed E-state index contributed by atoms with van der Waals surface area (Å²) in [6, 6.07) is 7.69. The van der Waals surface area contributed by atoms with Gasteiger partial charge in [0.25, 0.3) is 5.91 Å². The second-order valence-corrected chi connectivity index (χ2v) is 6.53. The summed E-state index contributed by atoms with van der Waals surface area (Å²) in [6.45, 7) is 2.26. The molecule has 4 nitrogen and oxygen atoms in total. The van der Waals surface area contributed by atoms with Crippen molar-refractivity contribution in [1.82, 2.24) is 5.32 Å². The van der Waals surface area contributed by atoms with E-state index in [4.69, 9.17) is 4.74 Å². The second-order valence-electron chi connectivity index (χ2n) is 5.28. The average Bonchev–Trinajstić information content (AvgIpc) is 2.48. The highest BCUT2D eigenvalue weighted by atomic mass is 127. The summed E-state index contributed by atoms with van der Waals surface area (Å²) in [5.41, 5.74) is 0.689. The SMILES string of the molecule is CCOC(=O)C1CCC(NC(=O)c2cccc(I)c2)CC1. The third-order valence-corrected chi connectivity index (χ3v) is 4.44. The van der Waals surface area contributed by atoms with Crippen LogP contribution >= 0.6 is 22.6 Å². The van der Waals surface area contributed by atoms with Crippen molar-refractivity contribution in [2.45, 2.75) is 38.6 Å². The molecule has 0 aliphatic heterocycles. The Hall–Kier alpha value is -1.11. The molecule has 1 aliphatic carbocycles. The Kier molecular flexibility index (Phi) is 6.02. The van der Waals surface area contributed by atoms with E-state index in [0.29, 0.717) is 12.2 Å². The summed E-state index contributed by atoms with van der Waals surface area (Å²) >= 11 is 2.20. The van der Waals surface area contributed by atoms with Gasteiger partial charge in [-0.2, -0.15) is 0 Å². The third-order valence-electron chi connectivity index (χ3n) is 3.77. The lowest BCUT2D eigenvalue weighted by molar-refractivity contribution is -0.149. The number of ether oxygens (including phenoxy) is 1. The van der Waals surface area contributed by atoms with Gasteiger partial charge in [0.05, 0.1) is 12.5 Å². The molecule has 0 aromatic heterocycles. The van der Waals surface area contributed by atoms with Crippen LogP contribution in [0.1, 0.15) is 43.0 Å². The molecular weight excluding hydrogens is 381 g/mol. The van der Waals surface area contributed by atoms with Gasteiger partial charge in [-0.15, -0.1) is 0 Å². The van der Waals surface area contributed by atoms with E-state index in [2.05, 4.69) is 27.9 Å². The van der Waals surface area contributed by atoms with E-state index < -0.39 is 0 Å². The molecule has 0 heterocycles. The molecule has 0 unspecified atom stereocenters. The van der Waals surface area contributed by atoms with Crippen LogP contribution in [0.25, 0.3) is 0 Å². The van der Waals surface area contributed by atoms with Gasteiger partial charge in [0.15, 0.2) is 0 Å². The Bertz CT molecular complexity index is 510. The number of carbonyl (C=O) groups is 2. The van der Waals surface area contributed by atoms with Crippen LogP contribution in [0, 0.1) is 9.49 Å². The van der Waals surface area contributed by atoms with Crippen LogP contribution < -0.4 is 5.32 Å². The first-order valence-electron chi connectivity index (χ1n) is 7.33. The quantitative estimate of drug-likeness (QED) is 0.623. The molecule has 0 spiro atoms. The Morgan fingerprint density at radius 1 is 1.29 bits per heavy atom. The smallest absolute Gasteiger partial charge is 0.308 e. The van der Waals surface area contributed by atoms with Crippen molar-refractivity contribution in [3.8, 4) is 0 Å². The van der Waals surface area contributed by atoms with Crippen LogP contribution in [0.3, 0.4) is 0 Å². The Labute approximate surface area is 138 Å². The fraction of sp³-hybridized carbons (Fsp3) is 0.500. The minimum absolute atomic E-state index is 0.00391. The normalized spacial score (nSPS) is 21.6. The van der Waals surface area contributed by atoms with Gasteiger partial charge < -0.3 is 10.1 Å². The standard InChI is InChI=1S/C16H20INO3/c1-2-21-16(20)11-6-8-14(9-7-11)18-15(19)12-4-3-5-13(17)10-12/h3-5,10-11,14H,2,6-9H2,1H3,(H,18,19). The molecule has 1 aromatic rings. The van der Waals surface area contributed by atoms with Crippen LogP contribution in [0.15, 0.2) is 24.3 Å². The monoisotopic (exact) mass is 401 g/mol. The molecule has 1 aromatic carbocycles. The van der Waals surface area contributed by atoms with Gasteiger partial charge in [0, 0.05) is 15.2 Å². The van der Waals surface area contributed by atoms with Gasteiger partial charge in [0.2, 0.25) is 0 Å². The summed E-state index contributed by atoms with van der Waals surface area (Å²) in [5.74, 6) is -0.135. The first-order chi connectivity index (χ1) is 10.1. The number of hydrogen-bond acceptors (Lipinski definition) is 3. The molecule has 5 heteroatoms. The fourth-order valence-electron chi connectivity index (χ4n) is 2.63. The zero-order valence-electron chi connectivity index (χ0n) is 12.1. The van der Waals surface area contributed by atoms with Crippen LogP contribution in [0.4, 0.5) is 0 Å². The van der Waals surface area contributed by atoms with Crippen molar-refractivity contribution in [1.29, 1.82) is 0 Å². The Morgan fingerprint density at radius 2 is 2.00 bits per heavy atom. The Morgan fingerprint density at radius 3 is 2.62 bits per heavy atom. The molecule has 21 heavy (non-hydrogen) atoms. The minimum atomic E-state index is -0.0973. The van der Waals surface area contributed by atoms with Crippen LogP contribution in [0.2, 0.25) is 0 Å². The number of benzene rings is 1. The molecule has 1 amide bonds. The molecule has 0 radical (unpaired) electrons. The summed E-state index contributed by atoms with van der Waals surface area (Å²) < 4.78 is 6.10. The van der Waals surface area contributed by atoms with Crippen molar-refractivity contribution in [2.24, 2.45) is 5.92 Å². The molecule has 1 fully saturated rings. The first kappa shape index (κ1) is 16.3. The lowest BCUT2D eigenvalue weighted by atomic mass is 9.86. The molecular formula is C16H20INO3. The molecule has 0 saturated heterocycles. The number of amides is 1. The van der Waals surface area contributed by atoms with Crippen molar-refractivity contribution in [3.63, 3.8) is 0 Å². The number of esters is 1. The second kappa shape index (κ2) is 7.77. The van der Waals surface area contributed by atoms with E-state index in [1.807, 2.05) is 31.2 Å². The largest absolute Gasteiger partial charge is 0.466 e. The van der Waals surface area contributed by atoms with Crippen LogP contribution in [-0.4, -0.2) is 24.5 Å². The third kappa shape index (κ3) is 4.69. The summed E-state index contributed by atoms with van der Waals surface area (Å²) in [7, 11) is 0. The molecule has 1 aliphatic rings. The summed E-state index contributed by atoms with van der Waals surface area (Å²) in [6.07, 6.45) is 3.24. The maximum atomic E-state index is 12.2. The Balaban J connectivity index is 1.83. The van der Waals surface area contributed by atoms with E-state index in [1.54, 1.807) is 0 Å². The van der Waals surface area contributed by atoms with Gasteiger partial charge in [-0.3, -0.25) is 9.59 Å². The van der Waals surface area contributed by atoms with Crippen LogP contribution in [-0.2, 0) is 9.53 Å². The molecule has 1 N–H and O–H groups in total. The van der Waals surface area contributed by atoms with Crippen molar-refractivity contribution in [3.05, 3.63) is 33.4 Å². The number of rotatable bonds is 4. The molecule has 0 bridgehead atoms. The predicted octanol–water partition coefficient (Wildman–Crippen LogP) is 3.14. The topological polar surface area (TPSA) is 55.4 Å². The van der Waals surface area contributed by atoms with Gasteiger partial charge in [-0.05, 0) is 73.4 Å². The van der Waals surface area contributed by atoms with Gasteiger partial charge >= 0.3 is 5.97 Å². The summed E-state index contributed by atoms with van der Waals surface area (Å²) in [4.78, 5) is 23.9. The lowest BCUT2D eigenvalue weighted by Gasteiger charge is -2.27. The number of nitrogens with one attached hydrogen (secondary N) is 1. The van der Waals surface area contributed by atoms with E-state index in [0.717, 1.165) is 29.3 Å². The van der Waals surface area contributed by atoms with Crippen molar-refractivity contribution >= 4 is 34.5 Å². The average molecular weight is 401 g/mol. The molecule has 2 rings (SSSR count). The number of hydrogen-bond donors (Lipinski definition) is 1. The van der Waals surface area contributed by atoms with E-state index >= 15 is 0 Å². The zero-order chi connectivity index (χ0) is 15.2.